The summed E-state index contributed by atoms with van der Waals surface area (Å²) in [5, 5.41) is 0. The zero-order chi connectivity index (χ0) is 13.2. The van der Waals surface area contributed by atoms with Crippen LogP contribution in [0.3, 0.4) is 0 Å². The number of hydrogen-bond donors (Lipinski definition) is 1. The summed E-state index contributed by atoms with van der Waals surface area (Å²) in [6.45, 7) is 5.63. The molecule has 4 nitrogen and oxygen atoms in total. The van der Waals surface area contributed by atoms with Gasteiger partial charge in [0.05, 0.1) is 24.2 Å². The number of imidazole rings is 1. The third-order valence-corrected chi connectivity index (χ3v) is 4.30. The molecule has 19 heavy (non-hydrogen) atoms. The summed E-state index contributed by atoms with van der Waals surface area (Å²) < 4.78 is 9.41. The average Bonchev–Trinajstić information content (AvgIpc) is 2.73. The second-order valence-corrected chi connectivity index (χ2v) is 6.00. The first-order chi connectivity index (χ1) is 9.24. The van der Waals surface area contributed by atoms with Gasteiger partial charge in [-0.25, -0.2) is 0 Å². The van der Waals surface area contributed by atoms with E-state index in [1.807, 2.05) is 6.07 Å². The number of fused-ring (bicyclic) bond motifs is 1. The molecule has 0 atom stereocenters. The van der Waals surface area contributed by atoms with Crippen molar-refractivity contribution in [2.75, 3.05) is 32.8 Å². The number of morpholine rings is 1. The van der Waals surface area contributed by atoms with Crippen LogP contribution >= 0.6 is 28.1 Å². The van der Waals surface area contributed by atoms with Crippen molar-refractivity contribution in [1.82, 2.24) is 14.5 Å². The molecule has 1 aliphatic heterocycles. The normalized spacial score (nSPS) is 17.1. The molecule has 0 amide bonds. The molecular formula is C13H16BrN3OS. The second-order valence-electron chi connectivity index (χ2n) is 4.70. The third kappa shape index (κ3) is 2.91. The van der Waals surface area contributed by atoms with Crippen LogP contribution in [0.25, 0.3) is 11.0 Å². The highest BCUT2D eigenvalue weighted by Gasteiger charge is 2.11. The molecule has 1 aliphatic rings. The number of nitrogens with one attached hydrogen (secondary N) is 1. The Labute approximate surface area is 125 Å². The van der Waals surface area contributed by atoms with Crippen molar-refractivity contribution in [2.24, 2.45) is 0 Å². The maximum atomic E-state index is 5.41. The summed E-state index contributed by atoms with van der Waals surface area (Å²) in [6.07, 6.45) is 0. The SMILES string of the molecule is S=c1[nH]c2ccc(Br)cc2n1CCN1CCOCC1. The predicted octanol–water partition coefficient (Wildman–Crippen LogP) is 2.79. The minimum Gasteiger partial charge on any atom is -0.379 e. The van der Waals surface area contributed by atoms with Gasteiger partial charge < -0.3 is 14.3 Å². The smallest absolute Gasteiger partial charge is 0.178 e. The van der Waals surface area contributed by atoms with Gasteiger partial charge >= 0.3 is 0 Å². The van der Waals surface area contributed by atoms with Gasteiger partial charge in [0.2, 0.25) is 0 Å². The molecule has 0 radical (unpaired) electrons. The zero-order valence-corrected chi connectivity index (χ0v) is 13.0. The van der Waals surface area contributed by atoms with Gasteiger partial charge in [0.1, 0.15) is 0 Å². The number of nitrogens with zero attached hydrogens (tertiary/aromatic N) is 2. The number of halogens is 1. The Hall–Kier alpha value is -0.690. The fraction of sp³-hybridized carbons (Fsp3) is 0.462. The van der Waals surface area contributed by atoms with Crippen molar-refractivity contribution in [3.8, 4) is 0 Å². The predicted molar refractivity (Wildman–Crippen MR) is 82.1 cm³/mol. The standard InChI is InChI=1S/C13H16BrN3OS/c14-10-1-2-11-12(9-10)17(13(19)15-11)4-3-16-5-7-18-8-6-16/h1-2,9H,3-8H2,(H,15,19). The van der Waals surface area contributed by atoms with Crippen molar-refractivity contribution in [2.45, 2.75) is 6.54 Å². The first kappa shape index (κ1) is 13.3. The van der Waals surface area contributed by atoms with Crippen LogP contribution in [0.1, 0.15) is 0 Å². The van der Waals surface area contributed by atoms with Crippen LogP contribution in [-0.2, 0) is 11.3 Å². The molecule has 1 aromatic heterocycles. The van der Waals surface area contributed by atoms with E-state index in [0.717, 1.165) is 59.7 Å². The molecule has 0 saturated carbocycles. The fourth-order valence-corrected chi connectivity index (χ4v) is 3.06. The number of benzene rings is 1. The van der Waals surface area contributed by atoms with Gasteiger partial charge in [-0.3, -0.25) is 4.90 Å². The lowest BCUT2D eigenvalue weighted by atomic mass is 10.3. The first-order valence-electron chi connectivity index (χ1n) is 6.42. The molecule has 0 unspecified atom stereocenters. The number of rotatable bonds is 3. The molecule has 1 aromatic carbocycles. The van der Waals surface area contributed by atoms with Gasteiger partial charge in [0.15, 0.2) is 4.77 Å². The monoisotopic (exact) mass is 341 g/mol. The molecule has 2 heterocycles. The molecular weight excluding hydrogens is 326 g/mol. The highest BCUT2D eigenvalue weighted by molar-refractivity contribution is 9.10. The summed E-state index contributed by atoms with van der Waals surface area (Å²) in [6, 6.07) is 6.20. The van der Waals surface area contributed by atoms with E-state index < -0.39 is 0 Å². The van der Waals surface area contributed by atoms with Crippen molar-refractivity contribution in [3.05, 3.63) is 27.4 Å². The van der Waals surface area contributed by atoms with Gasteiger partial charge in [0, 0.05) is 30.7 Å². The van der Waals surface area contributed by atoms with E-state index in [1.165, 1.54) is 0 Å². The van der Waals surface area contributed by atoms with E-state index in [2.05, 4.69) is 42.5 Å². The van der Waals surface area contributed by atoms with E-state index in [4.69, 9.17) is 17.0 Å². The number of H-pyrrole nitrogens is 1. The quantitative estimate of drug-likeness (QED) is 0.871. The third-order valence-electron chi connectivity index (χ3n) is 3.48. The van der Waals surface area contributed by atoms with Gasteiger partial charge in [-0.05, 0) is 30.4 Å². The van der Waals surface area contributed by atoms with Crippen LogP contribution in [-0.4, -0.2) is 47.3 Å². The Bertz CT molecular complexity index is 630. The van der Waals surface area contributed by atoms with E-state index in [0.29, 0.717) is 0 Å². The summed E-state index contributed by atoms with van der Waals surface area (Å²) >= 11 is 8.93. The van der Waals surface area contributed by atoms with E-state index in [-0.39, 0.29) is 0 Å². The zero-order valence-electron chi connectivity index (χ0n) is 10.6. The van der Waals surface area contributed by atoms with E-state index in [1.54, 1.807) is 0 Å². The van der Waals surface area contributed by atoms with Crippen LogP contribution in [0.4, 0.5) is 0 Å². The Balaban J connectivity index is 1.81. The summed E-state index contributed by atoms with van der Waals surface area (Å²) in [4.78, 5) is 5.67. The Morgan fingerprint density at radius 1 is 1.26 bits per heavy atom. The average molecular weight is 342 g/mol. The Morgan fingerprint density at radius 2 is 2.05 bits per heavy atom. The molecule has 102 valence electrons. The molecule has 0 aliphatic carbocycles. The molecule has 2 aromatic rings. The molecule has 3 rings (SSSR count). The maximum Gasteiger partial charge on any atom is 0.178 e. The lowest BCUT2D eigenvalue weighted by Gasteiger charge is -2.26. The second kappa shape index (κ2) is 5.75. The van der Waals surface area contributed by atoms with Crippen LogP contribution in [0.2, 0.25) is 0 Å². The Kier molecular flexibility index (Phi) is 4.02. The maximum absolute atomic E-state index is 5.41. The summed E-state index contributed by atoms with van der Waals surface area (Å²) in [5.41, 5.74) is 2.25. The van der Waals surface area contributed by atoms with Crippen LogP contribution < -0.4 is 0 Å². The highest BCUT2D eigenvalue weighted by Crippen LogP contribution is 2.19. The lowest BCUT2D eigenvalue weighted by Crippen LogP contribution is -2.38. The number of aromatic amines is 1. The van der Waals surface area contributed by atoms with Crippen LogP contribution in [0.15, 0.2) is 22.7 Å². The Morgan fingerprint density at radius 3 is 2.84 bits per heavy atom. The van der Waals surface area contributed by atoms with Gasteiger partial charge in [0.25, 0.3) is 0 Å². The van der Waals surface area contributed by atoms with E-state index in [9.17, 15) is 0 Å². The molecule has 0 spiro atoms. The van der Waals surface area contributed by atoms with Gasteiger partial charge in [-0.15, -0.1) is 0 Å². The summed E-state index contributed by atoms with van der Waals surface area (Å²) in [7, 11) is 0. The fourth-order valence-electron chi connectivity index (χ4n) is 2.41. The molecule has 1 N–H and O–H groups in total. The van der Waals surface area contributed by atoms with Crippen LogP contribution in [0, 0.1) is 4.77 Å². The highest BCUT2D eigenvalue weighted by atomic mass is 79.9. The number of ether oxygens (including phenoxy) is 1. The first-order valence-corrected chi connectivity index (χ1v) is 7.62. The van der Waals surface area contributed by atoms with Gasteiger partial charge in [-0.2, -0.15) is 0 Å². The minimum absolute atomic E-state index is 0.793. The molecule has 1 saturated heterocycles. The van der Waals surface area contributed by atoms with Crippen LogP contribution in [0.5, 0.6) is 0 Å². The molecule has 1 fully saturated rings. The number of aromatic nitrogens is 2. The topological polar surface area (TPSA) is 33.2 Å². The van der Waals surface area contributed by atoms with Crippen molar-refractivity contribution in [1.29, 1.82) is 0 Å². The van der Waals surface area contributed by atoms with Crippen molar-refractivity contribution >= 4 is 39.2 Å². The lowest BCUT2D eigenvalue weighted by molar-refractivity contribution is 0.0365. The van der Waals surface area contributed by atoms with Crippen molar-refractivity contribution < 1.29 is 4.74 Å². The molecule has 6 heteroatoms. The number of hydrogen-bond acceptors (Lipinski definition) is 3. The van der Waals surface area contributed by atoms with Crippen molar-refractivity contribution in [3.63, 3.8) is 0 Å². The van der Waals surface area contributed by atoms with Gasteiger partial charge in [-0.1, -0.05) is 15.9 Å². The largest absolute Gasteiger partial charge is 0.379 e. The minimum atomic E-state index is 0.793. The molecule has 0 bridgehead atoms. The summed E-state index contributed by atoms with van der Waals surface area (Å²) in [5.74, 6) is 0. The van der Waals surface area contributed by atoms with E-state index >= 15 is 0 Å².